The Balaban J connectivity index is 1.90. The topological polar surface area (TPSA) is 79.5 Å². The van der Waals surface area contributed by atoms with Gasteiger partial charge in [0, 0.05) is 4.88 Å². The van der Waals surface area contributed by atoms with Gasteiger partial charge < -0.3 is 9.52 Å². The van der Waals surface area contributed by atoms with E-state index in [0.29, 0.717) is 4.88 Å². The Hall–Kier alpha value is -1.71. The highest BCUT2D eigenvalue weighted by Gasteiger charge is 2.37. The van der Waals surface area contributed by atoms with Crippen molar-refractivity contribution < 1.29 is 22.3 Å². The Morgan fingerprint density at radius 2 is 2.08 bits per heavy atom. The molecule has 0 saturated heterocycles. The molecule has 2 heterocycles. The van der Waals surface area contributed by atoms with E-state index in [1.54, 1.807) is 29.6 Å². The van der Waals surface area contributed by atoms with Gasteiger partial charge in [0.1, 0.15) is 11.6 Å². The molecule has 2 aromatic heterocycles. The third-order valence-corrected chi connectivity index (χ3v) is 6.29. The summed E-state index contributed by atoms with van der Waals surface area (Å²) in [5, 5.41) is 12.5. The summed E-state index contributed by atoms with van der Waals surface area (Å²) in [4.78, 5) is 0.314. The molecule has 0 amide bonds. The molecule has 1 unspecified atom stereocenters. The molecule has 25 heavy (non-hydrogen) atoms. The quantitative estimate of drug-likeness (QED) is 0.663. The van der Waals surface area contributed by atoms with Gasteiger partial charge in [0.05, 0.1) is 22.7 Å². The minimum atomic E-state index is -4.01. The molecule has 3 rings (SSSR count). The molecule has 0 aliphatic rings. The van der Waals surface area contributed by atoms with Crippen LogP contribution in [-0.4, -0.2) is 20.1 Å². The third-order valence-electron chi connectivity index (χ3n) is 3.58. The van der Waals surface area contributed by atoms with Crippen LogP contribution in [0.4, 0.5) is 4.39 Å². The molecule has 0 spiro atoms. The van der Waals surface area contributed by atoms with E-state index in [0.717, 1.165) is 18.2 Å². The smallest absolute Gasteiger partial charge is 0.240 e. The molecule has 0 saturated carbocycles. The monoisotopic (exact) mass is 401 g/mol. The lowest BCUT2D eigenvalue weighted by atomic mass is 9.99. The van der Waals surface area contributed by atoms with E-state index in [2.05, 4.69) is 4.72 Å². The van der Waals surface area contributed by atoms with E-state index in [9.17, 15) is 17.9 Å². The summed E-state index contributed by atoms with van der Waals surface area (Å²) in [7, 11) is -4.01. The molecule has 0 bridgehead atoms. The first kappa shape index (κ1) is 18.1. The van der Waals surface area contributed by atoms with Crippen LogP contribution < -0.4 is 4.72 Å². The molecule has 0 radical (unpaired) electrons. The van der Waals surface area contributed by atoms with Crippen molar-refractivity contribution in [2.24, 2.45) is 0 Å². The largest absolute Gasteiger partial charge is 0.466 e. The van der Waals surface area contributed by atoms with Crippen molar-refractivity contribution in [2.45, 2.75) is 10.5 Å². The number of hydrogen-bond donors (Lipinski definition) is 2. The Morgan fingerprint density at radius 1 is 1.28 bits per heavy atom. The molecule has 132 valence electrons. The molecule has 0 fully saturated rings. The van der Waals surface area contributed by atoms with E-state index in [1.165, 1.54) is 17.6 Å². The molecule has 5 nitrogen and oxygen atoms in total. The van der Waals surface area contributed by atoms with Crippen LogP contribution in [0.2, 0.25) is 5.02 Å². The Bertz CT molecular complexity index is 922. The predicted molar refractivity (Wildman–Crippen MR) is 92.6 cm³/mol. The van der Waals surface area contributed by atoms with E-state index < -0.39 is 21.4 Å². The first-order valence-electron chi connectivity index (χ1n) is 7.08. The van der Waals surface area contributed by atoms with Gasteiger partial charge in [-0.05, 0) is 41.8 Å². The van der Waals surface area contributed by atoms with E-state index in [-0.39, 0.29) is 22.2 Å². The summed E-state index contributed by atoms with van der Waals surface area (Å²) < 4.78 is 45.7. The molecule has 2 N–H and O–H groups in total. The lowest BCUT2D eigenvalue weighted by molar-refractivity contribution is 0.0655. The number of thiophene rings is 1. The highest BCUT2D eigenvalue weighted by atomic mass is 35.5. The SMILES string of the molecule is O=S(=O)(NCC(O)(c1ccco1)c1cccs1)c1ccc(F)c(Cl)c1. The molecule has 0 aliphatic heterocycles. The summed E-state index contributed by atoms with van der Waals surface area (Å²) in [5.74, 6) is -0.513. The highest BCUT2D eigenvalue weighted by molar-refractivity contribution is 7.89. The number of nitrogens with one attached hydrogen (secondary N) is 1. The minimum absolute atomic E-state index is 0.202. The zero-order valence-electron chi connectivity index (χ0n) is 12.6. The summed E-state index contributed by atoms with van der Waals surface area (Å²) in [6, 6.07) is 9.65. The fourth-order valence-corrected chi connectivity index (χ4v) is 4.41. The molecule has 1 aromatic carbocycles. The molecule has 3 aromatic rings. The lowest BCUT2D eigenvalue weighted by Crippen LogP contribution is -2.40. The summed E-state index contributed by atoms with van der Waals surface area (Å²) in [5.41, 5.74) is -1.67. The normalized spacial score (nSPS) is 14.4. The van der Waals surface area contributed by atoms with Gasteiger partial charge in [-0.1, -0.05) is 17.7 Å². The van der Waals surface area contributed by atoms with Crippen LogP contribution in [0.15, 0.2) is 63.4 Å². The minimum Gasteiger partial charge on any atom is -0.466 e. The average molecular weight is 402 g/mol. The number of furan rings is 1. The van der Waals surface area contributed by atoms with Crippen LogP contribution >= 0.6 is 22.9 Å². The summed E-state index contributed by atoms with van der Waals surface area (Å²) >= 11 is 6.91. The van der Waals surface area contributed by atoms with E-state index >= 15 is 0 Å². The van der Waals surface area contributed by atoms with Crippen LogP contribution in [-0.2, 0) is 15.6 Å². The van der Waals surface area contributed by atoms with Crippen molar-refractivity contribution in [3.05, 3.63) is 75.6 Å². The number of rotatable bonds is 6. The Labute approximate surface area is 152 Å². The van der Waals surface area contributed by atoms with Gasteiger partial charge in [-0.3, -0.25) is 0 Å². The van der Waals surface area contributed by atoms with Gasteiger partial charge in [-0.15, -0.1) is 11.3 Å². The van der Waals surface area contributed by atoms with Gasteiger partial charge in [0.2, 0.25) is 10.0 Å². The molecular weight excluding hydrogens is 389 g/mol. The summed E-state index contributed by atoms with van der Waals surface area (Å²) in [6.45, 7) is -0.363. The number of aliphatic hydroxyl groups is 1. The third kappa shape index (κ3) is 3.63. The second-order valence-electron chi connectivity index (χ2n) is 5.22. The molecular formula is C16H13ClFNO4S2. The fourth-order valence-electron chi connectivity index (χ4n) is 2.25. The Kier molecular flexibility index (Phi) is 4.99. The van der Waals surface area contributed by atoms with Crippen molar-refractivity contribution in [1.82, 2.24) is 4.72 Å². The van der Waals surface area contributed by atoms with E-state index in [1.807, 2.05) is 0 Å². The Morgan fingerprint density at radius 3 is 2.68 bits per heavy atom. The zero-order valence-corrected chi connectivity index (χ0v) is 15.0. The van der Waals surface area contributed by atoms with Crippen LogP contribution in [0, 0.1) is 5.82 Å². The van der Waals surface area contributed by atoms with Crippen molar-refractivity contribution in [3.63, 3.8) is 0 Å². The first-order chi connectivity index (χ1) is 11.8. The maximum Gasteiger partial charge on any atom is 0.240 e. The maximum absolute atomic E-state index is 13.2. The van der Waals surface area contributed by atoms with Crippen molar-refractivity contribution in [2.75, 3.05) is 6.54 Å². The standard InChI is InChI=1S/C16H13ClFNO4S2/c17-12-9-11(5-6-13(12)18)25(21,22)19-10-16(20,14-3-1-7-23-14)15-4-2-8-24-15/h1-9,19-20H,10H2. The van der Waals surface area contributed by atoms with Crippen LogP contribution in [0.1, 0.15) is 10.6 Å². The zero-order chi connectivity index (χ0) is 18.1. The van der Waals surface area contributed by atoms with Crippen LogP contribution in [0.5, 0.6) is 0 Å². The van der Waals surface area contributed by atoms with Crippen molar-refractivity contribution >= 4 is 33.0 Å². The maximum atomic E-state index is 13.2. The van der Waals surface area contributed by atoms with Crippen molar-refractivity contribution in [1.29, 1.82) is 0 Å². The lowest BCUT2D eigenvalue weighted by Gasteiger charge is -2.25. The molecule has 9 heteroatoms. The highest BCUT2D eigenvalue weighted by Crippen LogP contribution is 2.33. The number of sulfonamides is 1. The molecule has 0 aliphatic carbocycles. The van der Waals surface area contributed by atoms with Crippen LogP contribution in [0.3, 0.4) is 0 Å². The van der Waals surface area contributed by atoms with Crippen molar-refractivity contribution in [3.8, 4) is 0 Å². The second-order valence-corrected chi connectivity index (χ2v) is 8.34. The number of halogens is 2. The predicted octanol–water partition coefficient (Wildman–Crippen LogP) is 3.35. The van der Waals surface area contributed by atoms with Crippen LogP contribution in [0.25, 0.3) is 0 Å². The number of hydrogen-bond acceptors (Lipinski definition) is 5. The second kappa shape index (κ2) is 6.89. The first-order valence-corrected chi connectivity index (χ1v) is 9.82. The van der Waals surface area contributed by atoms with Gasteiger partial charge in [-0.2, -0.15) is 0 Å². The number of benzene rings is 1. The van der Waals surface area contributed by atoms with Gasteiger partial charge in [0.25, 0.3) is 0 Å². The van der Waals surface area contributed by atoms with E-state index in [4.69, 9.17) is 16.0 Å². The average Bonchev–Trinajstić information content (AvgIpc) is 3.29. The summed E-state index contributed by atoms with van der Waals surface area (Å²) in [6.07, 6.45) is 1.39. The van der Waals surface area contributed by atoms with Gasteiger partial charge in [-0.25, -0.2) is 17.5 Å². The van der Waals surface area contributed by atoms with Gasteiger partial charge >= 0.3 is 0 Å². The fraction of sp³-hybridized carbons (Fsp3) is 0.125. The van der Waals surface area contributed by atoms with Gasteiger partial charge in [0.15, 0.2) is 5.60 Å². The molecule has 1 atom stereocenters.